The molecule has 0 radical (unpaired) electrons. The third kappa shape index (κ3) is 8.38. The van der Waals surface area contributed by atoms with Gasteiger partial charge >= 0.3 is 0 Å². The van der Waals surface area contributed by atoms with Crippen LogP contribution in [0.5, 0.6) is 0 Å². The van der Waals surface area contributed by atoms with Crippen molar-refractivity contribution in [2.45, 2.75) is 14.7 Å². The van der Waals surface area contributed by atoms with E-state index >= 15 is 0 Å². The van der Waals surface area contributed by atoms with Gasteiger partial charge in [-0.3, -0.25) is 0 Å². The molecule has 0 saturated carbocycles. The standard InChI is InChI=1S/C18H15O9PS3.4H2O/c19-29(20,21)16-7-1-4-13(10-16)28(14-5-2-8-17(11-14)30(22,23)24)15-6-3-9-18(12-15)31(25,26)27;;;;/h1-12H,(H,19,20,21)(H,22,23,24)(H,25,26,27);4*1H2/p-3. The molecule has 3 rings (SSSR count). The third-order valence-corrected chi connectivity index (χ3v) is 8.97. The lowest BCUT2D eigenvalue weighted by Gasteiger charge is -2.22. The van der Waals surface area contributed by atoms with Crippen LogP contribution in [0.25, 0.3) is 0 Å². The van der Waals surface area contributed by atoms with Gasteiger partial charge in [-0.1, -0.05) is 36.4 Å². The zero-order valence-corrected chi connectivity index (χ0v) is 20.6. The van der Waals surface area contributed by atoms with E-state index in [1.807, 2.05) is 0 Å². The highest BCUT2D eigenvalue weighted by molar-refractivity contribution is 7.86. The van der Waals surface area contributed by atoms with E-state index in [1.165, 1.54) is 36.4 Å². The molecule has 0 aliphatic carbocycles. The minimum absolute atomic E-state index is 0. The van der Waals surface area contributed by atoms with Gasteiger partial charge in [0.2, 0.25) is 0 Å². The molecule has 3 aromatic carbocycles. The van der Waals surface area contributed by atoms with Crippen molar-refractivity contribution in [1.29, 1.82) is 0 Å². The first-order valence-electron chi connectivity index (χ1n) is 8.25. The highest BCUT2D eigenvalue weighted by Gasteiger charge is 2.20. The van der Waals surface area contributed by atoms with E-state index in [1.54, 1.807) is 0 Å². The summed E-state index contributed by atoms with van der Waals surface area (Å²) < 4.78 is 103. The number of hydrogen-bond acceptors (Lipinski definition) is 9. The van der Waals surface area contributed by atoms with Crippen LogP contribution in [0, 0.1) is 0 Å². The molecule has 13 nitrogen and oxygen atoms in total. The second-order valence-electron chi connectivity index (χ2n) is 6.19. The summed E-state index contributed by atoms with van der Waals surface area (Å²) in [5.74, 6) is 0. The Hall–Kier alpha value is -2.34. The van der Waals surface area contributed by atoms with E-state index in [4.69, 9.17) is 0 Å². The van der Waals surface area contributed by atoms with Crippen molar-refractivity contribution in [2.75, 3.05) is 0 Å². The highest BCUT2D eigenvalue weighted by atomic mass is 32.2. The van der Waals surface area contributed by atoms with E-state index in [-0.39, 0.29) is 37.8 Å². The fourth-order valence-corrected chi connectivity index (χ4v) is 7.00. The van der Waals surface area contributed by atoms with E-state index in [0.717, 1.165) is 36.4 Å². The summed E-state index contributed by atoms with van der Waals surface area (Å²) in [6.45, 7) is 0. The van der Waals surface area contributed by atoms with E-state index in [0.29, 0.717) is 0 Å². The summed E-state index contributed by atoms with van der Waals surface area (Å²) in [7, 11) is -16.3. The Morgan fingerprint density at radius 1 is 0.457 bits per heavy atom. The molecule has 17 heteroatoms. The van der Waals surface area contributed by atoms with Crippen molar-refractivity contribution in [3.63, 3.8) is 0 Å². The van der Waals surface area contributed by atoms with Crippen LogP contribution in [0.4, 0.5) is 0 Å². The molecule has 0 bridgehead atoms. The van der Waals surface area contributed by atoms with Gasteiger partial charge in [0, 0.05) is 0 Å². The Morgan fingerprint density at radius 2 is 0.686 bits per heavy atom. The Bertz CT molecular complexity index is 1290. The van der Waals surface area contributed by atoms with Gasteiger partial charge in [-0.25, -0.2) is 25.3 Å². The van der Waals surface area contributed by atoms with Crippen molar-refractivity contribution < 1.29 is 60.8 Å². The molecular formula is C18H20O13PS3-3. The average molecular weight is 572 g/mol. The lowest BCUT2D eigenvalue weighted by molar-refractivity contribution is 0.461. The summed E-state index contributed by atoms with van der Waals surface area (Å²) >= 11 is 0. The molecule has 8 N–H and O–H groups in total. The number of hydrogen-bond donors (Lipinski definition) is 0. The highest BCUT2D eigenvalue weighted by Crippen LogP contribution is 2.34. The van der Waals surface area contributed by atoms with E-state index in [2.05, 4.69) is 0 Å². The molecule has 0 heterocycles. The molecular weight excluding hydrogens is 551 g/mol. The van der Waals surface area contributed by atoms with Crippen LogP contribution in [0.15, 0.2) is 87.5 Å². The Balaban J connectivity index is 0. The molecule has 196 valence electrons. The fourth-order valence-electron chi connectivity index (χ4n) is 2.78. The van der Waals surface area contributed by atoms with Gasteiger partial charge in [-0.2, -0.15) is 0 Å². The minimum Gasteiger partial charge on any atom is -0.744 e. The molecule has 0 spiro atoms. The zero-order valence-electron chi connectivity index (χ0n) is 17.3. The third-order valence-electron chi connectivity index (χ3n) is 4.09. The van der Waals surface area contributed by atoms with Crippen LogP contribution in [0.3, 0.4) is 0 Å². The van der Waals surface area contributed by atoms with E-state index in [9.17, 15) is 38.9 Å². The Kier molecular flexibility index (Phi) is 12.5. The van der Waals surface area contributed by atoms with Crippen LogP contribution in [0.1, 0.15) is 0 Å². The molecule has 0 aliphatic rings. The Labute approximate surface area is 202 Å². The topological polar surface area (TPSA) is 298 Å². The van der Waals surface area contributed by atoms with Crippen molar-refractivity contribution in [2.24, 2.45) is 0 Å². The second kappa shape index (κ2) is 12.6. The predicted molar refractivity (Wildman–Crippen MR) is 123 cm³/mol. The van der Waals surface area contributed by atoms with Gasteiger partial charge < -0.3 is 35.6 Å². The first-order valence-corrected chi connectivity index (χ1v) is 13.8. The maximum absolute atomic E-state index is 11.5. The van der Waals surface area contributed by atoms with Crippen molar-refractivity contribution in [1.82, 2.24) is 0 Å². The average Bonchev–Trinajstić information content (AvgIpc) is 2.67. The van der Waals surface area contributed by atoms with Crippen LogP contribution in [0.2, 0.25) is 0 Å². The maximum Gasteiger partial charge on any atom is 0.124 e. The van der Waals surface area contributed by atoms with Gasteiger partial charge in [-0.15, -0.1) is 0 Å². The molecule has 0 aromatic heterocycles. The molecule has 0 amide bonds. The summed E-state index contributed by atoms with van der Waals surface area (Å²) in [5.41, 5.74) is 0. The molecule has 0 atom stereocenters. The maximum atomic E-state index is 11.5. The van der Waals surface area contributed by atoms with Gasteiger partial charge in [0.1, 0.15) is 30.4 Å². The first kappa shape index (κ1) is 34.8. The summed E-state index contributed by atoms with van der Waals surface area (Å²) in [6.07, 6.45) is 0. The lowest BCUT2D eigenvalue weighted by atomic mass is 10.3. The summed E-state index contributed by atoms with van der Waals surface area (Å²) in [5, 5.41) is 0.772. The molecule has 0 saturated heterocycles. The Morgan fingerprint density at radius 3 is 0.886 bits per heavy atom. The largest absolute Gasteiger partial charge is 0.744 e. The fraction of sp³-hybridized carbons (Fsp3) is 0. The molecule has 35 heavy (non-hydrogen) atoms. The van der Waals surface area contributed by atoms with Crippen molar-refractivity contribution in [3.8, 4) is 0 Å². The quantitative estimate of drug-likeness (QED) is 0.213. The van der Waals surface area contributed by atoms with E-state index < -0.39 is 53.0 Å². The predicted octanol–water partition coefficient (Wildman–Crippen LogP) is -3.14. The SMILES string of the molecule is O.O.O.O.O=S(=O)([O-])c1cccc(P(c2cccc(S(=O)(=O)[O-])c2)c2cccc(S(=O)(=O)[O-])c2)c1. The number of benzene rings is 3. The van der Waals surface area contributed by atoms with Gasteiger partial charge in [-0.05, 0) is 60.2 Å². The normalized spacial score (nSPS) is 11.3. The molecule has 3 aromatic rings. The monoisotopic (exact) mass is 571 g/mol. The van der Waals surface area contributed by atoms with Crippen LogP contribution in [-0.2, 0) is 30.4 Å². The second-order valence-corrected chi connectivity index (χ2v) is 12.5. The smallest absolute Gasteiger partial charge is 0.124 e. The lowest BCUT2D eigenvalue weighted by Crippen LogP contribution is -2.23. The first-order chi connectivity index (χ1) is 14.3. The molecule has 0 fully saturated rings. The van der Waals surface area contributed by atoms with Crippen LogP contribution < -0.4 is 15.9 Å². The van der Waals surface area contributed by atoms with Gasteiger partial charge in [0.05, 0.1) is 14.7 Å². The molecule has 0 unspecified atom stereocenters. The molecule has 0 aliphatic heterocycles. The van der Waals surface area contributed by atoms with Crippen LogP contribution >= 0.6 is 7.92 Å². The van der Waals surface area contributed by atoms with Crippen LogP contribution in [-0.4, -0.2) is 60.8 Å². The van der Waals surface area contributed by atoms with Crippen molar-refractivity contribution >= 4 is 54.2 Å². The number of rotatable bonds is 6. The minimum atomic E-state index is -4.82. The zero-order chi connectivity index (χ0) is 23.0. The summed E-state index contributed by atoms with van der Waals surface area (Å²) in [4.78, 5) is -1.63. The van der Waals surface area contributed by atoms with Gasteiger partial charge in [0.25, 0.3) is 0 Å². The van der Waals surface area contributed by atoms with Crippen molar-refractivity contribution in [3.05, 3.63) is 72.8 Å². The van der Waals surface area contributed by atoms with Gasteiger partial charge in [0.15, 0.2) is 0 Å². The summed E-state index contributed by atoms with van der Waals surface area (Å²) in [6, 6.07) is 14.8.